The van der Waals surface area contributed by atoms with Gasteiger partial charge in [-0.15, -0.1) is 5.10 Å². The molecule has 0 spiro atoms. The van der Waals surface area contributed by atoms with E-state index in [2.05, 4.69) is 25.8 Å². The van der Waals surface area contributed by atoms with Crippen LogP contribution in [0.5, 0.6) is 0 Å². The first-order valence-corrected chi connectivity index (χ1v) is 12.9. The summed E-state index contributed by atoms with van der Waals surface area (Å²) in [7, 11) is 0. The average molecular weight is 552 g/mol. The number of nitrogens with zero attached hydrogens (tertiary/aromatic N) is 5. The Labute approximate surface area is 232 Å². The predicted octanol–water partition coefficient (Wildman–Crippen LogP) is 3.94. The van der Waals surface area contributed by atoms with Crippen LogP contribution in [-0.2, 0) is 16.0 Å². The second-order valence-corrected chi connectivity index (χ2v) is 9.71. The molecule has 3 aromatic carbocycles. The number of amides is 2. The largest absolute Gasteiger partial charge is 0.329 e. The lowest BCUT2D eigenvalue weighted by molar-refractivity contribution is -0.135. The van der Waals surface area contributed by atoms with E-state index in [1.54, 1.807) is 59.6 Å². The van der Waals surface area contributed by atoms with Crippen LogP contribution in [0.25, 0.3) is 22.5 Å². The molecule has 5 aromatic rings. The van der Waals surface area contributed by atoms with Crippen molar-refractivity contribution in [2.75, 3.05) is 11.9 Å². The SMILES string of the molecule is O=C(Nc1ccc2c(=O)[nH]ccc2c1)[C@@H]1c2ccccc2CCN1C(=O)/C=C/c1cc(Cl)ccc1-n1cnnn1. The fourth-order valence-corrected chi connectivity index (χ4v) is 5.14. The number of benzene rings is 3. The van der Waals surface area contributed by atoms with Crippen LogP contribution in [0.3, 0.4) is 0 Å². The van der Waals surface area contributed by atoms with Crippen LogP contribution in [-0.4, -0.2) is 48.5 Å². The molecule has 0 saturated heterocycles. The van der Waals surface area contributed by atoms with Crippen LogP contribution in [0.2, 0.25) is 5.02 Å². The van der Waals surface area contributed by atoms with E-state index in [0.717, 1.165) is 11.1 Å². The summed E-state index contributed by atoms with van der Waals surface area (Å²) in [5.74, 6) is -0.683. The number of H-pyrrole nitrogens is 1. The van der Waals surface area contributed by atoms with Gasteiger partial charge < -0.3 is 15.2 Å². The first kappa shape index (κ1) is 25.2. The fourth-order valence-electron chi connectivity index (χ4n) is 4.96. The van der Waals surface area contributed by atoms with Crippen molar-refractivity contribution in [1.82, 2.24) is 30.1 Å². The Bertz CT molecular complexity index is 1830. The Morgan fingerprint density at radius 2 is 1.95 bits per heavy atom. The van der Waals surface area contributed by atoms with Crippen molar-refractivity contribution in [1.29, 1.82) is 0 Å². The molecule has 1 atom stereocenters. The molecule has 2 amide bonds. The molecule has 2 aromatic heterocycles. The summed E-state index contributed by atoms with van der Waals surface area (Å²) in [5, 5.41) is 15.9. The molecule has 11 heteroatoms. The maximum atomic E-state index is 13.7. The molecule has 0 unspecified atom stereocenters. The highest BCUT2D eigenvalue weighted by molar-refractivity contribution is 6.30. The molecule has 40 heavy (non-hydrogen) atoms. The van der Waals surface area contributed by atoms with E-state index in [1.807, 2.05) is 24.3 Å². The highest BCUT2D eigenvalue weighted by atomic mass is 35.5. The molecule has 0 aliphatic carbocycles. The summed E-state index contributed by atoms with van der Waals surface area (Å²) < 4.78 is 1.48. The Morgan fingerprint density at radius 3 is 2.80 bits per heavy atom. The Balaban J connectivity index is 1.31. The summed E-state index contributed by atoms with van der Waals surface area (Å²) in [6.07, 6.45) is 6.70. The van der Waals surface area contributed by atoms with E-state index in [-0.39, 0.29) is 17.4 Å². The monoisotopic (exact) mass is 551 g/mol. The molecule has 0 saturated carbocycles. The van der Waals surface area contributed by atoms with E-state index < -0.39 is 6.04 Å². The zero-order valence-corrected chi connectivity index (χ0v) is 21.7. The van der Waals surface area contributed by atoms with Gasteiger partial charge in [-0.3, -0.25) is 14.4 Å². The molecule has 10 nitrogen and oxygen atoms in total. The van der Waals surface area contributed by atoms with Crippen molar-refractivity contribution >= 4 is 46.0 Å². The lowest BCUT2D eigenvalue weighted by atomic mass is 9.91. The molecule has 1 aliphatic rings. The van der Waals surface area contributed by atoms with Crippen LogP contribution in [0.4, 0.5) is 5.69 Å². The standard InChI is InChI=1S/C29H22ClN7O3/c30-21-6-9-25(37-17-32-34-35-37)20(15-21)5-10-26(38)36-14-12-18-3-1-2-4-23(18)27(36)29(40)33-22-7-8-24-19(16-22)11-13-31-28(24)39/h1-11,13,15-17,27H,12,14H2,(H,31,39)(H,33,40)/b10-5+/t27-/m0/s1. The van der Waals surface area contributed by atoms with Gasteiger partial charge in [0.05, 0.1) is 5.69 Å². The van der Waals surface area contributed by atoms with E-state index in [1.165, 1.54) is 17.1 Å². The fraction of sp³-hybridized carbons (Fsp3) is 0.103. The van der Waals surface area contributed by atoms with Crippen molar-refractivity contribution in [2.24, 2.45) is 0 Å². The number of anilines is 1. The number of aromatic nitrogens is 5. The topological polar surface area (TPSA) is 126 Å². The number of nitrogens with one attached hydrogen (secondary N) is 2. The predicted molar refractivity (Wildman–Crippen MR) is 151 cm³/mol. The van der Waals surface area contributed by atoms with Crippen LogP contribution in [0.1, 0.15) is 22.7 Å². The van der Waals surface area contributed by atoms with E-state index in [4.69, 9.17) is 11.6 Å². The first-order chi connectivity index (χ1) is 19.5. The van der Waals surface area contributed by atoms with Crippen LogP contribution in [0, 0.1) is 0 Å². The number of halogens is 1. The number of rotatable bonds is 5. The number of fused-ring (bicyclic) bond motifs is 2. The minimum absolute atomic E-state index is 0.205. The molecule has 198 valence electrons. The third kappa shape index (κ3) is 4.87. The van der Waals surface area contributed by atoms with Gasteiger partial charge in [0.1, 0.15) is 12.4 Å². The van der Waals surface area contributed by atoms with Gasteiger partial charge in [-0.25, -0.2) is 0 Å². The molecule has 0 radical (unpaired) electrons. The van der Waals surface area contributed by atoms with Crippen molar-refractivity contribution < 1.29 is 9.59 Å². The van der Waals surface area contributed by atoms with E-state index in [9.17, 15) is 14.4 Å². The Morgan fingerprint density at radius 1 is 1.07 bits per heavy atom. The van der Waals surface area contributed by atoms with Crippen LogP contribution < -0.4 is 10.9 Å². The van der Waals surface area contributed by atoms with Gasteiger partial charge in [0, 0.05) is 40.5 Å². The molecule has 6 rings (SSSR count). The normalized spacial score (nSPS) is 14.8. The number of tetrazole rings is 1. The van der Waals surface area contributed by atoms with Crippen molar-refractivity contribution in [2.45, 2.75) is 12.5 Å². The maximum absolute atomic E-state index is 13.7. The van der Waals surface area contributed by atoms with Gasteiger partial charge in [-0.05, 0) is 81.9 Å². The molecule has 2 N–H and O–H groups in total. The van der Waals surface area contributed by atoms with Gasteiger partial charge in [0.25, 0.3) is 11.5 Å². The average Bonchev–Trinajstić information content (AvgIpc) is 3.50. The summed E-state index contributed by atoms with van der Waals surface area (Å²) >= 11 is 6.22. The minimum Gasteiger partial charge on any atom is -0.329 e. The Kier molecular flexibility index (Phi) is 6.67. The molecule has 0 bridgehead atoms. The highest BCUT2D eigenvalue weighted by Gasteiger charge is 2.35. The maximum Gasteiger partial charge on any atom is 0.255 e. The lowest BCUT2D eigenvalue weighted by Gasteiger charge is -2.35. The first-order valence-electron chi connectivity index (χ1n) is 12.5. The molecule has 3 heterocycles. The smallest absolute Gasteiger partial charge is 0.255 e. The number of carbonyl (C=O) groups is 2. The quantitative estimate of drug-likeness (QED) is 0.319. The van der Waals surface area contributed by atoms with Crippen molar-refractivity contribution in [3.8, 4) is 5.69 Å². The number of carbonyl (C=O) groups excluding carboxylic acids is 2. The van der Waals surface area contributed by atoms with Crippen LogP contribution >= 0.6 is 11.6 Å². The molecule has 0 fully saturated rings. The zero-order valence-electron chi connectivity index (χ0n) is 21.0. The van der Waals surface area contributed by atoms with Crippen molar-refractivity contribution in [3.05, 3.63) is 117 Å². The summed E-state index contributed by atoms with van der Waals surface area (Å²) in [5.41, 5.74) is 3.38. The van der Waals surface area contributed by atoms with E-state index in [0.29, 0.717) is 45.7 Å². The highest BCUT2D eigenvalue weighted by Crippen LogP contribution is 2.32. The van der Waals surface area contributed by atoms with Gasteiger partial charge >= 0.3 is 0 Å². The summed E-state index contributed by atoms with van der Waals surface area (Å²) in [4.78, 5) is 43.6. The summed E-state index contributed by atoms with van der Waals surface area (Å²) in [6.45, 7) is 0.362. The number of hydrogen-bond acceptors (Lipinski definition) is 6. The van der Waals surface area contributed by atoms with Crippen LogP contribution in [0.15, 0.2) is 90.1 Å². The third-order valence-electron chi connectivity index (χ3n) is 6.85. The third-order valence-corrected chi connectivity index (χ3v) is 7.08. The van der Waals surface area contributed by atoms with E-state index >= 15 is 0 Å². The lowest BCUT2D eigenvalue weighted by Crippen LogP contribution is -2.44. The Hall–Kier alpha value is -5.09. The van der Waals surface area contributed by atoms with Gasteiger partial charge in [-0.1, -0.05) is 35.9 Å². The minimum atomic E-state index is -0.852. The second kappa shape index (κ2) is 10.6. The molecular formula is C29H22ClN7O3. The number of hydrogen-bond donors (Lipinski definition) is 2. The second-order valence-electron chi connectivity index (χ2n) is 9.27. The van der Waals surface area contributed by atoms with Gasteiger partial charge in [-0.2, -0.15) is 4.68 Å². The number of pyridine rings is 1. The summed E-state index contributed by atoms with van der Waals surface area (Å²) in [6, 6.07) is 18.8. The molecule has 1 aliphatic heterocycles. The van der Waals surface area contributed by atoms with Gasteiger partial charge in [0.2, 0.25) is 5.91 Å². The number of aromatic amines is 1. The van der Waals surface area contributed by atoms with Crippen molar-refractivity contribution in [3.63, 3.8) is 0 Å². The van der Waals surface area contributed by atoms with Gasteiger partial charge in [0.15, 0.2) is 0 Å². The molecular weight excluding hydrogens is 530 g/mol. The zero-order chi connectivity index (χ0) is 27.6.